The Morgan fingerprint density at radius 3 is 3.05 bits per heavy atom. The van der Waals surface area contributed by atoms with Gasteiger partial charge in [-0.2, -0.15) is 0 Å². The zero-order valence-corrected chi connectivity index (χ0v) is 12.3. The molecule has 0 bridgehead atoms. The monoisotopic (exact) mass is 300 g/mol. The molecule has 2 aromatic rings. The largest absolute Gasteiger partial charge is 0.480 e. The topological polar surface area (TPSA) is 73.1 Å². The minimum absolute atomic E-state index is 0.122. The van der Waals surface area contributed by atoms with Crippen LogP contribution in [0.3, 0.4) is 0 Å². The number of aryl methyl sites for hydroxylation is 1. The van der Waals surface area contributed by atoms with Crippen LogP contribution in [0.1, 0.15) is 29.6 Å². The van der Waals surface area contributed by atoms with Crippen molar-refractivity contribution in [3.8, 4) is 5.75 Å². The van der Waals surface area contributed by atoms with Crippen molar-refractivity contribution in [2.45, 2.75) is 30.3 Å². The van der Waals surface area contributed by atoms with Crippen LogP contribution >= 0.6 is 11.8 Å². The maximum absolute atomic E-state index is 6.06. The fourth-order valence-electron chi connectivity index (χ4n) is 2.86. The Labute approximate surface area is 127 Å². The highest BCUT2D eigenvalue weighted by molar-refractivity contribution is 7.99. The number of benzene rings is 1. The van der Waals surface area contributed by atoms with Gasteiger partial charge in [-0.1, -0.05) is 12.1 Å². The Bertz CT molecular complexity index is 691. The standard InChI is InChI=1S/C15H16N4OS/c16-19-14-9-4-3-5-10(9)17-15(18-14)12-8-21-13-7-2-1-6-11(13)20-12/h1-2,6-7,12H,3-5,8,16H2,(H,17,18,19). The second-order valence-corrected chi connectivity index (χ2v) is 6.28. The molecule has 0 amide bonds. The lowest BCUT2D eigenvalue weighted by Gasteiger charge is -2.25. The number of ether oxygens (including phenoxy) is 1. The first kappa shape index (κ1) is 12.9. The molecule has 2 heterocycles. The molecule has 21 heavy (non-hydrogen) atoms. The van der Waals surface area contributed by atoms with E-state index in [1.165, 1.54) is 4.90 Å². The lowest BCUT2D eigenvalue weighted by atomic mass is 10.2. The highest BCUT2D eigenvalue weighted by atomic mass is 32.2. The number of nitrogens with zero attached hydrogens (tertiary/aromatic N) is 2. The third kappa shape index (κ3) is 2.24. The predicted octanol–water partition coefficient (Wildman–Crippen LogP) is 2.48. The predicted molar refractivity (Wildman–Crippen MR) is 82.4 cm³/mol. The van der Waals surface area contributed by atoms with E-state index in [4.69, 9.17) is 15.6 Å². The minimum atomic E-state index is -0.122. The summed E-state index contributed by atoms with van der Waals surface area (Å²) in [5, 5.41) is 0. The van der Waals surface area contributed by atoms with E-state index in [0.717, 1.165) is 53.7 Å². The van der Waals surface area contributed by atoms with Gasteiger partial charge in [0.2, 0.25) is 0 Å². The molecule has 1 atom stereocenters. The number of hydrogen-bond donors (Lipinski definition) is 2. The summed E-state index contributed by atoms with van der Waals surface area (Å²) in [6.45, 7) is 0. The van der Waals surface area contributed by atoms with Gasteiger partial charge in [0, 0.05) is 21.9 Å². The van der Waals surface area contributed by atoms with Crippen molar-refractivity contribution >= 4 is 17.6 Å². The molecule has 0 saturated carbocycles. The number of fused-ring (bicyclic) bond motifs is 2. The third-order valence-electron chi connectivity index (χ3n) is 3.88. The quantitative estimate of drug-likeness (QED) is 0.656. The Kier molecular flexibility index (Phi) is 3.20. The maximum atomic E-state index is 6.06. The SMILES string of the molecule is NNc1nc(C2CSc3ccccc3O2)nc2c1CCC2. The van der Waals surface area contributed by atoms with Crippen LogP contribution in [0.15, 0.2) is 29.2 Å². The first-order valence-electron chi connectivity index (χ1n) is 7.10. The van der Waals surface area contributed by atoms with E-state index in [9.17, 15) is 0 Å². The second-order valence-electron chi connectivity index (χ2n) is 5.22. The fraction of sp³-hybridized carbons (Fsp3) is 0.333. The van der Waals surface area contributed by atoms with Gasteiger partial charge in [-0.3, -0.25) is 0 Å². The smallest absolute Gasteiger partial charge is 0.172 e. The molecule has 4 rings (SSSR count). The average Bonchev–Trinajstić information content (AvgIpc) is 3.02. The van der Waals surface area contributed by atoms with Gasteiger partial charge in [-0.05, 0) is 31.4 Å². The summed E-state index contributed by atoms with van der Waals surface area (Å²) in [6.07, 6.45) is 2.99. The number of nitrogens with two attached hydrogens (primary N) is 1. The van der Waals surface area contributed by atoms with Gasteiger partial charge in [0.25, 0.3) is 0 Å². The number of nitrogen functional groups attached to an aromatic ring is 1. The minimum Gasteiger partial charge on any atom is -0.480 e. The van der Waals surface area contributed by atoms with E-state index in [0.29, 0.717) is 0 Å². The molecule has 0 spiro atoms. The number of anilines is 1. The number of thioether (sulfide) groups is 1. The van der Waals surface area contributed by atoms with Crippen LogP contribution in [-0.4, -0.2) is 15.7 Å². The third-order valence-corrected chi connectivity index (χ3v) is 5.00. The van der Waals surface area contributed by atoms with Crippen molar-refractivity contribution in [3.63, 3.8) is 0 Å². The molecule has 0 radical (unpaired) electrons. The van der Waals surface area contributed by atoms with Gasteiger partial charge < -0.3 is 10.2 Å². The van der Waals surface area contributed by atoms with E-state index in [1.807, 2.05) is 18.2 Å². The van der Waals surface area contributed by atoms with E-state index >= 15 is 0 Å². The zero-order chi connectivity index (χ0) is 14.2. The van der Waals surface area contributed by atoms with E-state index in [2.05, 4.69) is 16.5 Å². The second kappa shape index (κ2) is 5.20. The summed E-state index contributed by atoms with van der Waals surface area (Å²) in [5.41, 5.74) is 4.98. The Morgan fingerprint density at radius 2 is 2.14 bits per heavy atom. The number of nitrogens with one attached hydrogen (secondary N) is 1. The zero-order valence-electron chi connectivity index (χ0n) is 11.5. The molecule has 0 fully saturated rings. The Balaban J connectivity index is 1.69. The van der Waals surface area contributed by atoms with Crippen LogP contribution in [-0.2, 0) is 12.8 Å². The molecule has 108 valence electrons. The summed E-state index contributed by atoms with van der Waals surface area (Å²) < 4.78 is 6.06. The molecular formula is C15H16N4OS. The van der Waals surface area contributed by atoms with Crippen LogP contribution in [0, 0.1) is 0 Å². The summed E-state index contributed by atoms with van der Waals surface area (Å²) in [5.74, 6) is 8.82. The Hall–Kier alpha value is -1.79. The van der Waals surface area contributed by atoms with Gasteiger partial charge in [0.1, 0.15) is 11.6 Å². The summed E-state index contributed by atoms with van der Waals surface area (Å²) in [6, 6.07) is 8.08. The van der Waals surface area contributed by atoms with Gasteiger partial charge in [-0.15, -0.1) is 11.8 Å². The molecular weight excluding hydrogens is 284 g/mol. The van der Waals surface area contributed by atoms with Crippen molar-refractivity contribution in [2.75, 3.05) is 11.2 Å². The number of rotatable bonds is 2. The fourth-order valence-corrected chi connectivity index (χ4v) is 3.84. The van der Waals surface area contributed by atoms with E-state index in [1.54, 1.807) is 11.8 Å². The number of hydrazine groups is 1. The van der Waals surface area contributed by atoms with Crippen LogP contribution in [0.2, 0.25) is 0 Å². The number of aromatic nitrogens is 2. The van der Waals surface area contributed by atoms with Crippen molar-refractivity contribution in [1.29, 1.82) is 0 Å². The molecule has 2 aliphatic rings. The first-order chi connectivity index (χ1) is 10.3. The van der Waals surface area contributed by atoms with Gasteiger partial charge >= 0.3 is 0 Å². The normalized spacial score (nSPS) is 19.6. The summed E-state index contributed by atoms with van der Waals surface area (Å²) >= 11 is 1.78. The highest BCUT2D eigenvalue weighted by Crippen LogP contribution is 2.40. The molecule has 1 aliphatic carbocycles. The van der Waals surface area contributed by atoms with Crippen molar-refractivity contribution in [2.24, 2.45) is 5.84 Å². The molecule has 5 nitrogen and oxygen atoms in total. The first-order valence-corrected chi connectivity index (χ1v) is 8.08. The van der Waals surface area contributed by atoms with Crippen LogP contribution in [0.5, 0.6) is 5.75 Å². The van der Waals surface area contributed by atoms with Crippen molar-refractivity contribution in [1.82, 2.24) is 9.97 Å². The van der Waals surface area contributed by atoms with E-state index < -0.39 is 0 Å². The molecule has 1 aliphatic heterocycles. The van der Waals surface area contributed by atoms with Gasteiger partial charge in [-0.25, -0.2) is 15.8 Å². The average molecular weight is 300 g/mol. The highest BCUT2D eigenvalue weighted by Gasteiger charge is 2.27. The molecule has 1 aromatic carbocycles. The van der Waals surface area contributed by atoms with Crippen LogP contribution in [0.4, 0.5) is 5.82 Å². The van der Waals surface area contributed by atoms with Crippen LogP contribution < -0.4 is 16.0 Å². The van der Waals surface area contributed by atoms with E-state index in [-0.39, 0.29) is 6.10 Å². The number of hydrogen-bond acceptors (Lipinski definition) is 6. The lowest BCUT2D eigenvalue weighted by Crippen LogP contribution is -2.21. The molecule has 0 saturated heterocycles. The molecule has 1 unspecified atom stereocenters. The van der Waals surface area contributed by atoms with Crippen molar-refractivity contribution in [3.05, 3.63) is 41.3 Å². The van der Waals surface area contributed by atoms with Crippen LogP contribution in [0.25, 0.3) is 0 Å². The van der Waals surface area contributed by atoms with Crippen molar-refractivity contribution < 1.29 is 4.74 Å². The Morgan fingerprint density at radius 1 is 1.24 bits per heavy atom. The summed E-state index contributed by atoms with van der Waals surface area (Å²) in [4.78, 5) is 10.5. The molecule has 3 N–H and O–H groups in total. The molecule has 6 heteroatoms. The maximum Gasteiger partial charge on any atom is 0.172 e. The van der Waals surface area contributed by atoms with Gasteiger partial charge in [0.15, 0.2) is 11.9 Å². The number of para-hydroxylation sites is 1. The lowest BCUT2D eigenvalue weighted by molar-refractivity contribution is 0.210. The molecule has 1 aromatic heterocycles. The van der Waals surface area contributed by atoms with Gasteiger partial charge in [0.05, 0.1) is 0 Å². The summed E-state index contributed by atoms with van der Waals surface area (Å²) in [7, 11) is 0.